The molecule has 2 nitrogen and oxygen atoms in total. The summed E-state index contributed by atoms with van der Waals surface area (Å²) >= 11 is 1.67. The van der Waals surface area contributed by atoms with Crippen molar-refractivity contribution in [3.05, 3.63) is 35.4 Å². The quantitative estimate of drug-likeness (QED) is 0.842. The lowest BCUT2D eigenvalue weighted by Gasteiger charge is -2.08. The van der Waals surface area contributed by atoms with E-state index in [4.69, 9.17) is 0 Å². The number of hydrogen-bond acceptors (Lipinski definition) is 2. The molecule has 0 spiro atoms. The number of aryl methyl sites for hydroxylation is 1. The van der Waals surface area contributed by atoms with Gasteiger partial charge >= 0.3 is 0 Å². The number of amides is 1. The third-order valence-electron chi connectivity index (χ3n) is 2.46. The van der Waals surface area contributed by atoms with Crippen LogP contribution in [0.25, 0.3) is 0 Å². The van der Waals surface area contributed by atoms with E-state index < -0.39 is 0 Å². The molecule has 0 aliphatic rings. The normalized spacial score (nSPS) is 10.6. The molecule has 1 aromatic carbocycles. The minimum Gasteiger partial charge on any atom is -0.355 e. The van der Waals surface area contributed by atoms with Gasteiger partial charge in [0.25, 0.3) is 0 Å². The van der Waals surface area contributed by atoms with Crippen LogP contribution in [-0.4, -0.2) is 18.2 Å². The second-order valence-corrected chi connectivity index (χ2v) is 5.60. The first kappa shape index (κ1) is 14.1. The van der Waals surface area contributed by atoms with Crippen LogP contribution in [0.3, 0.4) is 0 Å². The summed E-state index contributed by atoms with van der Waals surface area (Å²) in [6.45, 7) is 7.07. The average molecular weight is 251 g/mol. The van der Waals surface area contributed by atoms with Crippen LogP contribution in [0.5, 0.6) is 0 Å². The Kier molecular flexibility index (Phi) is 6.12. The van der Waals surface area contributed by atoms with Crippen molar-refractivity contribution in [3.63, 3.8) is 0 Å². The monoisotopic (exact) mass is 251 g/mol. The van der Waals surface area contributed by atoms with Gasteiger partial charge in [-0.1, -0.05) is 38.1 Å². The Balaban J connectivity index is 2.24. The molecule has 0 saturated carbocycles. The van der Waals surface area contributed by atoms with Crippen LogP contribution >= 0.6 is 11.8 Å². The van der Waals surface area contributed by atoms with Gasteiger partial charge in [-0.2, -0.15) is 0 Å². The Bertz CT molecular complexity index is 363. The lowest BCUT2D eigenvalue weighted by Crippen LogP contribution is -2.28. The van der Waals surface area contributed by atoms with E-state index in [0.29, 0.717) is 11.7 Å². The zero-order valence-corrected chi connectivity index (χ0v) is 11.6. The molecule has 0 saturated heterocycles. The van der Waals surface area contributed by atoms with Gasteiger partial charge in [0.1, 0.15) is 0 Å². The zero-order valence-electron chi connectivity index (χ0n) is 10.8. The molecular weight excluding hydrogens is 230 g/mol. The maximum absolute atomic E-state index is 11.5. The average Bonchev–Trinajstić information content (AvgIpc) is 2.29. The standard InChI is InChI=1S/C14H21NOS/c1-11(2)8-15-14(16)10-17-9-13-7-5-4-6-12(13)3/h4-7,11H,8-10H2,1-3H3,(H,15,16). The molecule has 0 aliphatic carbocycles. The molecule has 0 heterocycles. The van der Waals surface area contributed by atoms with Crippen molar-refractivity contribution in [1.29, 1.82) is 0 Å². The highest BCUT2D eigenvalue weighted by atomic mass is 32.2. The third-order valence-corrected chi connectivity index (χ3v) is 3.44. The van der Waals surface area contributed by atoms with Crippen molar-refractivity contribution in [2.45, 2.75) is 26.5 Å². The van der Waals surface area contributed by atoms with E-state index in [2.05, 4.69) is 38.2 Å². The first-order valence-corrected chi connectivity index (χ1v) is 7.14. The van der Waals surface area contributed by atoms with Crippen molar-refractivity contribution in [2.75, 3.05) is 12.3 Å². The number of thioether (sulfide) groups is 1. The summed E-state index contributed by atoms with van der Waals surface area (Å²) in [5.74, 6) is 2.10. The predicted molar refractivity (Wildman–Crippen MR) is 75.2 cm³/mol. The Morgan fingerprint density at radius 1 is 1.35 bits per heavy atom. The van der Waals surface area contributed by atoms with Crippen LogP contribution in [-0.2, 0) is 10.5 Å². The fourth-order valence-electron chi connectivity index (χ4n) is 1.39. The highest BCUT2D eigenvalue weighted by molar-refractivity contribution is 7.99. The third kappa shape index (κ3) is 5.78. The van der Waals surface area contributed by atoms with Gasteiger partial charge < -0.3 is 5.32 Å². The number of benzene rings is 1. The highest BCUT2D eigenvalue weighted by Gasteiger charge is 2.03. The van der Waals surface area contributed by atoms with E-state index >= 15 is 0 Å². The lowest BCUT2D eigenvalue weighted by atomic mass is 10.1. The Morgan fingerprint density at radius 3 is 2.71 bits per heavy atom. The molecule has 0 atom stereocenters. The Morgan fingerprint density at radius 2 is 2.06 bits per heavy atom. The maximum atomic E-state index is 11.5. The summed E-state index contributed by atoms with van der Waals surface area (Å²) in [4.78, 5) is 11.5. The maximum Gasteiger partial charge on any atom is 0.230 e. The molecule has 3 heteroatoms. The van der Waals surface area contributed by atoms with Crippen LogP contribution in [0.1, 0.15) is 25.0 Å². The van der Waals surface area contributed by atoms with E-state index in [1.807, 2.05) is 12.1 Å². The molecule has 0 radical (unpaired) electrons. The highest BCUT2D eigenvalue weighted by Crippen LogP contribution is 2.15. The van der Waals surface area contributed by atoms with Crippen LogP contribution < -0.4 is 5.32 Å². The molecule has 0 aliphatic heterocycles. The SMILES string of the molecule is Cc1ccccc1CSCC(=O)NCC(C)C. The number of carbonyl (C=O) groups excluding carboxylic acids is 1. The second-order valence-electron chi connectivity index (χ2n) is 4.62. The summed E-state index contributed by atoms with van der Waals surface area (Å²) in [7, 11) is 0. The minimum absolute atomic E-state index is 0.136. The van der Waals surface area contributed by atoms with E-state index in [0.717, 1.165) is 12.3 Å². The minimum atomic E-state index is 0.136. The molecule has 1 rings (SSSR count). The first-order chi connectivity index (χ1) is 8.09. The molecule has 1 aromatic rings. The van der Waals surface area contributed by atoms with E-state index in [-0.39, 0.29) is 5.91 Å². The molecule has 1 amide bonds. The molecule has 0 bridgehead atoms. The lowest BCUT2D eigenvalue weighted by molar-refractivity contribution is -0.118. The van der Waals surface area contributed by atoms with Crippen molar-refractivity contribution in [3.8, 4) is 0 Å². The van der Waals surface area contributed by atoms with E-state index in [9.17, 15) is 4.79 Å². The van der Waals surface area contributed by atoms with Gasteiger partial charge in [-0.3, -0.25) is 4.79 Å². The predicted octanol–water partition coefficient (Wildman–Crippen LogP) is 3.00. The number of nitrogens with one attached hydrogen (secondary N) is 1. The summed E-state index contributed by atoms with van der Waals surface area (Å²) < 4.78 is 0. The molecule has 0 aromatic heterocycles. The van der Waals surface area contributed by atoms with Gasteiger partial charge in [0.05, 0.1) is 5.75 Å². The number of rotatable bonds is 6. The number of carbonyl (C=O) groups is 1. The van der Waals surface area contributed by atoms with Gasteiger partial charge in [0.15, 0.2) is 0 Å². The van der Waals surface area contributed by atoms with Gasteiger partial charge in [0, 0.05) is 12.3 Å². The Hall–Kier alpha value is -0.960. The van der Waals surface area contributed by atoms with Crippen molar-refractivity contribution < 1.29 is 4.79 Å². The summed E-state index contributed by atoms with van der Waals surface area (Å²) in [6.07, 6.45) is 0. The van der Waals surface area contributed by atoms with E-state index in [1.54, 1.807) is 11.8 Å². The Labute approximate surface area is 108 Å². The fourth-order valence-corrected chi connectivity index (χ4v) is 2.33. The first-order valence-electron chi connectivity index (χ1n) is 5.98. The molecule has 94 valence electrons. The van der Waals surface area contributed by atoms with Crippen molar-refractivity contribution >= 4 is 17.7 Å². The second kappa shape index (κ2) is 7.38. The van der Waals surface area contributed by atoms with Gasteiger partial charge in [0.2, 0.25) is 5.91 Å². The van der Waals surface area contributed by atoms with Crippen molar-refractivity contribution in [1.82, 2.24) is 5.32 Å². The van der Waals surface area contributed by atoms with Gasteiger partial charge in [-0.15, -0.1) is 11.8 Å². The zero-order chi connectivity index (χ0) is 12.7. The van der Waals surface area contributed by atoms with Gasteiger partial charge in [-0.05, 0) is 24.0 Å². The van der Waals surface area contributed by atoms with Crippen LogP contribution in [0.15, 0.2) is 24.3 Å². The molecule has 0 fully saturated rings. The molecule has 17 heavy (non-hydrogen) atoms. The molecule has 1 N–H and O–H groups in total. The molecule has 0 unspecified atom stereocenters. The van der Waals surface area contributed by atoms with Gasteiger partial charge in [-0.25, -0.2) is 0 Å². The van der Waals surface area contributed by atoms with E-state index in [1.165, 1.54) is 11.1 Å². The molecular formula is C14H21NOS. The number of hydrogen-bond donors (Lipinski definition) is 1. The fraction of sp³-hybridized carbons (Fsp3) is 0.500. The summed E-state index contributed by atoms with van der Waals surface area (Å²) in [5.41, 5.74) is 2.61. The topological polar surface area (TPSA) is 29.1 Å². The smallest absolute Gasteiger partial charge is 0.230 e. The largest absolute Gasteiger partial charge is 0.355 e. The van der Waals surface area contributed by atoms with Crippen LogP contribution in [0.4, 0.5) is 0 Å². The van der Waals surface area contributed by atoms with Crippen molar-refractivity contribution in [2.24, 2.45) is 5.92 Å². The summed E-state index contributed by atoms with van der Waals surface area (Å²) in [6, 6.07) is 8.31. The summed E-state index contributed by atoms with van der Waals surface area (Å²) in [5, 5.41) is 2.92. The van der Waals surface area contributed by atoms with Crippen LogP contribution in [0.2, 0.25) is 0 Å². The van der Waals surface area contributed by atoms with Crippen LogP contribution in [0, 0.1) is 12.8 Å².